The molecule has 0 amide bonds. The maximum absolute atomic E-state index is 12.6. The van der Waals surface area contributed by atoms with Crippen molar-refractivity contribution in [2.75, 3.05) is 6.54 Å². The summed E-state index contributed by atoms with van der Waals surface area (Å²) in [5.74, 6) is 0.286. The normalized spacial score (nSPS) is 11.8. The maximum Gasteiger partial charge on any atom is 0.211 e. The third kappa shape index (κ3) is 8.16. The number of hydrogen-bond acceptors (Lipinski definition) is 1. The van der Waals surface area contributed by atoms with Gasteiger partial charge >= 0.3 is 0 Å². The van der Waals surface area contributed by atoms with Crippen molar-refractivity contribution in [3.8, 4) is 0 Å². The number of aromatic nitrogens is 1. The van der Waals surface area contributed by atoms with Crippen molar-refractivity contribution in [3.63, 3.8) is 0 Å². The highest BCUT2D eigenvalue weighted by Gasteiger charge is 2.23. The van der Waals surface area contributed by atoms with Crippen molar-refractivity contribution in [1.29, 1.82) is 0 Å². The molecule has 0 saturated carbocycles. The van der Waals surface area contributed by atoms with Crippen molar-refractivity contribution in [2.45, 2.75) is 53.9 Å². The summed E-state index contributed by atoms with van der Waals surface area (Å²) in [6.45, 7) is 25.9. The molecule has 0 spiro atoms. The minimum atomic E-state index is -0.0323. The minimum Gasteiger partial charge on any atom is -0.357 e. The van der Waals surface area contributed by atoms with Gasteiger partial charge in [0.2, 0.25) is 6.20 Å². The van der Waals surface area contributed by atoms with Gasteiger partial charge < -0.3 is 4.98 Å². The lowest BCUT2D eigenvalue weighted by Gasteiger charge is -2.16. The monoisotopic (exact) mass is 467 g/mol. The lowest BCUT2D eigenvalue weighted by molar-refractivity contribution is -0.448. The van der Waals surface area contributed by atoms with Crippen LogP contribution >= 0.6 is 0 Å². The first kappa shape index (κ1) is 29.2. The lowest BCUT2D eigenvalue weighted by atomic mass is 9.87. The number of Topliss-reactive ketones (excluding diaryl/α,β-unsaturated/α-hetero) is 1. The molecule has 0 aliphatic heterocycles. The van der Waals surface area contributed by atoms with Crippen molar-refractivity contribution >= 4 is 23.6 Å². The average molecular weight is 468 g/mol. The maximum atomic E-state index is 12.6. The summed E-state index contributed by atoms with van der Waals surface area (Å²) >= 11 is 0. The second-order valence-corrected chi connectivity index (χ2v) is 8.47. The zero-order valence-corrected chi connectivity index (χ0v) is 22.1. The Hall–Kier alpha value is -3.82. The molecule has 0 unspecified atom stereocenters. The Morgan fingerprint density at radius 2 is 1.89 bits per heavy atom. The molecule has 3 heteroatoms. The van der Waals surface area contributed by atoms with Gasteiger partial charge in [0.05, 0.1) is 17.7 Å². The summed E-state index contributed by atoms with van der Waals surface area (Å²) in [6.07, 6.45) is 13.6. The van der Waals surface area contributed by atoms with E-state index in [9.17, 15) is 4.79 Å². The molecule has 0 saturated heterocycles. The van der Waals surface area contributed by atoms with E-state index in [1.54, 1.807) is 13.0 Å². The molecular formula is C32H39N2O+. The molecular weight excluding hydrogens is 428 g/mol. The van der Waals surface area contributed by atoms with Gasteiger partial charge in [-0.2, -0.15) is 0 Å². The molecule has 1 aromatic heterocycles. The van der Waals surface area contributed by atoms with Crippen LogP contribution in [0, 0.1) is 5.92 Å². The molecule has 1 rings (SSSR count). The number of hydrogen-bond donors (Lipinski definition) is 1. The zero-order valence-electron chi connectivity index (χ0n) is 22.1. The van der Waals surface area contributed by atoms with Gasteiger partial charge in [-0.25, -0.2) is 4.58 Å². The second-order valence-electron chi connectivity index (χ2n) is 8.47. The molecule has 3 nitrogen and oxygen atoms in total. The Balaban J connectivity index is 4.10. The molecule has 1 aromatic rings. The molecule has 0 radical (unpaired) electrons. The first-order chi connectivity index (χ1) is 16.8. The van der Waals surface area contributed by atoms with E-state index in [1.165, 1.54) is 0 Å². The van der Waals surface area contributed by atoms with Crippen LogP contribution in [0.15, 0.2) is 84.8 Å². The summed E-state index contributed by atoms with van der Waals surface area (Å²) in [4.78, 5) is 16.2. The fourth-order valence-electron chi connectivity index (χ4n) is 3.92. The molecule has 0 atom stereocenters. The van der Waals surface area contributed by atoms with Crippen LogP contribution in [0.2, 0.25) is 0 Å². The van der Waals surface area contributed by atoms with Gasteiger partial charge in [-0.05, 0) is 63.3 Å². The summed E-state index contributed by atoms with van der Waals surface area (Å²) in [7, 11) is 0. The van der Waals surface area contributed by atoms with Crippen LogP contribution in [0.25, 0.3) is 11.6 Å². The standard InChI is InChI=1S/C32H39N2O/c1-10-16-19-29-27(17-11-2)31(20-22-34(15-6)21-13-4)33-32(29)28(18-12-3)30(23-24(7)8)26(14-5)25(9)35/h10,14,16-17,21-22,24,33H,2-5,15,19-20,23H2,1,6-9H3/q+1. The summed E-state index contributed by atoms with van der Waals surface area (Å²) in [5.41, 5.74) is 18.1. The van der Waals surface area contributed by atoms with Crippen LogP contribution < -0.4 is 0 Å². The number of nitrogens with zero attached hydrogens (tertiary/aromatic N) is 1. The van der Waals surface area contributed by atoms with Gasteiger partial charge in [0.15, 0.2) is 12.0 Å². The molecule has 0 aliphatic rings. The number of carbonyl (C=O) groups excluding carboxylic acids is 1. The molecule has 0 fully saturated rings. The largest absolute Gasteiger partial charge is 0.357 e. The molecule has 182 valence electrons. The van der Waals surface area contributed by atoms with Crippen LogP contribution in [-0.2, 0) is 17.6 Å². The second kappa shape index (κ2) is 15.2. The van der Waals surface area contributed by atoms with E-state index in [-0.39, 0.29) is 5.78 Å². The van der Waals surface area contributed by atoms with Gasteiger partial charge in [0, 0.05) is 16.8 Å². The number of rotatable bonds is 13. The van der Waals surface area contributed by atoms with E-state index >= 15 is 0 Å². The zero-order chi connectivity index (χ0) is 26.4. The molecule has 1 heterocycles. The number of allylic oxidation sites excluding steroid dienone is 6. The molecule has 35 heavy (non-hydrogen) atoms. The number of carbonyl (C=O) groups is 1. The fourth-order valence-corrected chi connectivity index (χ4v) is 3.92. The highest BCUT2D eigenvalue weighted by molar-refractivity contribution is 6.01. The van der Waals surface area contributed by atoms with E-state index < -0.39 is 0 Å². The smallest absolute Gasteiger partial charge is 0.211 e. The van der Waals surface area contributed by atoms with Gasteiger partial charge in [0.25, 0.3) is 0 Å². The van der Waals surface area contributed by atoms with E-state index in [4.69, 9.17) is 0 Å². The summed E-state index contributed by atoms with van der Waals surface area (Å²) in [5, 5.41) is 0. The van der Waals surface area contributed by atoms with Gasteiger partial charge in [-0.1, -0.05) is 69.0 Å². The first-order valence-electron chi connectivity index (χ1n) is 12.0. The van der Waals surface area contributed by atoms with Crippen LogP contribution in [0.4, 0.5) is 0 Å². The van der Waals surface area contributed by atoms with Gasteiger partial charge in [-0.3, -0.25) is 4.79 Å². The van der Waals surface area contributed by atoms with Crippen LogP contribution in [0.3, 0.4) is 0 Å². The molecule has 0 aliphatic carbocycles. The highest BCUT2D eigenvalue weighted by Crippen LogP contribution is 2.35. The molecule has 1 N–H and O–H groups in total. The Bertz CT molecular complexity index is 1220. The van der Waals surface area contributed by atoms with E-state index in [2.05, 4.69) is 87.3 Å². The Labute approximate surface area is 211 Å². The molecule has 0 aromatic carbocycles. The number of nitrogens with one attached hydrogen (secondary N) is 1. The van der Waals surface area contributed by atoms with Crippen molar-refractivity contribution in [3.05, 3.63) is 107 Å². The fraction of sp³-hybridized carbons (Fsp3) is 0.312. The third-order valence-electron chi connectivity index (χ3n) is 5.47. The Kier molecular flexibility index (Phi) is 12.6. The SMILES string of the molecule is C=C=C=C(C(CC(C)C)=C(C=C)C(C)=O)c1[nH]c(CC=[N+](C=C=C)CC)c(C=C=C)c1CC=CC. The van der Waals surface area contributed by atoms with E-state index in [1.807, 2.05) is 29.9 Å². The Morgan fingerprint density at radius 1 is 1.17 bits per heavy atom. The van der Waals surface area contributed by atoms with Crippen molar-refractivity contribution < 1.29 is 9.37 Å². The van der Waals surface area contributed by atoms with Gasteiger partial charge in [0.1, 0.15) is 6.54 Å². The van der Waals surface area contributed by atoms with E-state index in [0.29, 0.717) is 30.8 Å². The van der Waals surface area contributed by atoms with Crippen molar-refractivity contribution in [2.24, 2.45) is 5.92 Å². The summed E-state index contributed by atoms with van der Waals surface area (Å²) < 4.78 is 2.04. The van der Waals surface area contributed by atoms with Crippen LogP contribution in [0.5, 0.6) is 0 Å². The predicted octanol–water partition coefficient (Wildman–Crippen LogP) is 7.32. The van der Waals surface area contributed by atoms with Crippen molar-refractivity contribution in [1.82, 2.24) is 4.98 Å². The number of ketones is 1. The number of aromatic amines is 1. The van der Waals surface area contributed by atoms with Crippen LogP contribution in [0.1, 0.15) is 63.6 Å². The highest BCUT2D eigenvalue weighted by atomic mass is 16.1. The topological polar surface area (TPSA) is 35.9 Å². The number of H-pyrrole nitrogens is 1. The Morgan fingerprint density at radius 3 is 2.37 bits per heavy atom. The van der Waals surface area contributed by atoms with E-state index in [0.717, 1.165) is 40.2 Å². The summed E-state index contributed by atoms with van der Waals surface area (Å²) in [6, 6.07) is 0. The van der Waals surface area contributed by atoms with Gasteiger partial charge in [-0.15, -0.1) is 5.73 Å². The van der Waals surface area contributed by atoms with Crippen LogP contribution in [-0.4, -0.2) is 28.1 Å². The quantitative estimate of drug-likeness (QED) is 0.0809. The predicted molar refractivity (Wildman–Crippen MR) is 151 cm³/mol. The average Bonchev–Trinajstić information content (AvgIpc) is 3.15. The first-order valence-corrected chi connectivity index (χ1v) is 12.0. The minimum absolute atomic E-state index is 0.0323. The molecule has 0 bridgehead atoms. The third-order valence-corrected chi connectivity index (χ3v) is 5.47. The lowest BCUT2D eigenvalue weighted by Crippen LogP contribution is -2.07.